The maximum atomic E-state index is 13.1. The Kier molecular flexibility index (Phi) is 6.29. The van der Waals surface area contributed by atoms with Gasteiger partial charge < -0.3 is 15.0 Å². The molecule has 5 nitrogen and oxygen atoms in total. The van der Waals surface area contributed by atoms with Crippen LogP contribution in [0.3, 0.4) is 0 Å². The maximum Gasteiger partial charge on any atom is 0.258 e. The van der Waals surface area contributed by atoms with Crippen LogP contribution in [0.1, 0.15) is 33.2 Å². The largest absolute Gasteiger partial charge is 0.497 e. The molecule has 148 valence electrons. The van der Waals surface area contributed by atoms with E-state index in [0.717, 1.165) is 11.3 Å². The fourth-order valence-electron chi connectivity index (χ4n) is 3.09. The highest BCUT2D eigenvalue weighted by Gasteiger charge is 2.18. The first kappa shape index (κ1) is 20.1. The summed E-state index contributed by atoms with van der Waals surface area (Å²) in [6, 6.07) is 21.7. The zero-order chi connectivity index (χ0) is 20.8. The quantitative estimate of drug-likeness (QED) is 0.652. The minimum Gasteiger partial charge on any atom is -0.497 e. The molecule has 29 heavy (non-hydrogen) atoms. The Balaban J connectivity index is 1.82. The van der Waals surface area contributed by atoms with Crippen molar-refractivity contribution in [3.05, 3.63) is 89.5 Å². The number of carbonyl (C=O) groups is 2. The van der Waals surface area contributed by atoms with Crippen molar-refractivity contribution in [2.75, 3.05) is 23.9 Å². The van der Waals surface area contributed by atoms with Crippen molar-refractivity contribution in [2.24, 2.45) is 0 Å². The van der Waals surface area contributed by atoms with Crippen LogP contribution in [-0.2, 0) is 0 Å². The lowest BCUT2D eigenvalue weighted by molar-refractivity contribution is 0.0988. The molecule has 3 rings (SSSR count). The van der Waals surface area contributed by atoms with Gasteiger partial charge in [-0.25, -0.2) is 0 Å². The third kappa shape index (κ3) is 4.82. The summed E-state index contributed by atoms with van der Waals surface area (Å²) in [5, 5.41) is 2.84. The highest BCUT2D eigenvalue weighted by molar-refractivity contribution is 6.09. The van der Waals surface area contributed by atoms with Gasteiger partial charge in [0.25, 0.3) is 11.8 Å². The molecule has 5 heteroatoms. The monoisotopic (exact) mass is 388 g/mol. The molecule has 3 aromatic rings. The second kappa shape index (κ2) is 9.06. The standard InChI is InChI=1S/C24H24N2O3/c1-4-26(21-12-5-8-17(2)14-21)24(28)19-10-6-9-18(15-19)23(27)25-20-11-7-13-22(16-20)29-3/h5-16H,4H2,1-3H3,(H,25,27). The number of carbonyl (C=O) groups excluding carboxylic acids is 2. The van der Waals surface area contributed by atoms with E-state index < -0.39 is 0 Å². The third-order valence-electron chi connectivity index (χ3n) is 4.57. The number of nitrogens with one attached hydrogen (secondary N) is 1. The zero-order valence-corrected chi connectivity index (χ0v) is 16.8. The number of aryl methyl sites for hydroxylation is 1. The van der Waals surface area contributed by atoms with Crippen molar-refractivity contribution >= 4 is 23.2 Å². The second-order valence-electron chi connectivity index (χ2n) is 6.66. The molecule has 0 bridgehead atoms. The number of ether oxygens (including phenoxy) is 1. The molecule has 0 saturated heterocycles. The minimum absolute atomic E-state index is 0.144. The molecule has 3 aromatic carbocycles. The molecule has 0 heterocycles. The molecule has 0 unspecified atom stereocenters. The molecule has 0 aliphatic rings. The normalized spacial score (nSPS) is 10.3. The summed E-state index contributed by atoms with van der Waals surface area (Å²) in [4.78, 5) is 27.4. The smallest absolute Gasteiger partial charge is 0.258 e. The van der Waals surface area contributed by atoms with E-state index in [-0.39, 0.29) is 11.8 Å². The predicted molar refractivity (Wildman–Crippen MR) is 116 cm³/mol. The number of methoxy groups -OCH3 is 1. The summed E-state index contributed by atoms with van der Waals surface area (Å²) < 4.78 is 5.18. The fraction of sp³-hybridized carbons (Fsp3) is 0.167. The first-order valence-corrected chi connectivity index (χ1v) is 9.46. The average molecular weight is 388 g/mol. The van der Waals surface area contributed by atoms with Crippen molar-refractivity contribution in [3.63, 3.8) is 0 Å². The molecule has 0 radical (unpaired) electrons. The van der Waals surface area contributed by atoms with Crippen LogP contribution in [0, 0.1) is 6.92 Å². The number of amides is 2. The van der Waals surface area contributed by atoms with E-state index in [9.17, 15) is 9.59 Å². The predicted octanol–water partition coefficient (Wildman–Crippen LogP) is 4.92. The molecule has 0 spiro atoms. The molecule has 0 aliphatic carbocycles. The lowest BCUT2D eigenvalue weighted by Crippen LogP contribution is -2.30. The Labute approximate surface area is 170 Å². The molecular weight excluding hydrogens is 364 g/mol. The first-order valence-electron chi connectivity index (χ1n) is 9.46. The fourth-order valence-corrected chi connectivity index (χ4v) is 3.09. The summed E-state index contributed by atoms with van der Waals surface area (Å²) in [7, 11) is 1.57. The van der Waals surface area contributed by atoms with E-state index >= 15 is 0 Å². The van der Waals surface area contributed by atoms with Crippen LogP contribution in [0.25, 0.3) is 0 Å². The Hall–Kier alpha value is -3.60. The van der Waals surface area contributed by atoms with Gasteiger partial charge in [0.2, 0.25) is 0 Å². The van der Waals surface area contributed by atoms with Crippen molar-refractivity contribution < 1.29 is 14.3 Å². The summed E-state index contributed by atoms with van der Waals surface area (Å²) in [5.41, 5.74) is 3.43. The Morgan fingerprint density at radius 2 is 1.66 bits per heavy atom. The molecule has 0 fully saturated rings. The topological polar surface area (TPSA) is 58.6 Å². The zero-order valence-electron chi connectivity index (χ0n) is 16.8. The van der Waals surface area contributed by atoms with Crippen LogP contribution in [0.5, 0.6) is 5.75 Å². The van der Waals surface area contributed by atoms with Crippen LogP contribution >= 0.6 is 0 Å². The minimum atomic E-state index is -0.286. The SMILES string of the molecule is CCN(C(=O)c1cccc(C(=O)Nc2cccc(OC)c2)c1)c1cccc(C)c1. The summed E-state index contributed by atoms with van der Waals surface area (Å²) in [6.07, 6.45) is 0. The number of nitrogens with zero attached hydrogens (tertiary/aromatic N) is 1. The van der Waals surface area contributed by atoms with E-state index in [1.54, 1.807) is 60.5 Å². The van der Waals surface area contributed by atoms with Gasteiger partial charge in [0, 0.05) is 35.1 Å². The Morgan fingerprint density at radius 1 is 0.931 bits per heavy atom. The van der Waals surface area contributed by atoms with Gasteiger partial charge in [-0.05, 0) is 61.9 Å². The van der Waals surface area contributed by atoms with Crippen molar-refractivity contribution in [3.8, 4) is 5.75 Å². The summed E-state index contributed by atoms with van der Waals surface area (Å²) >= 11 is 0. The number of anilines is 2. The van der Waals surface area contributed by atoms with Gasteiger partial charge in [0.15, 0.2) is 0 Å². The van der Waals surface area contributed by atoms with Crippen molar-refractivity contribution in [1.29, 1.82) is 0 Å². The summed E-state index contributed by atoms with van der Waals surface area (Å²) in [5.74, 6) is 0.226. The third-order valence-corrected chi connectivity index (χ3v) is 4.57. The molecular formula is C24H24N2O3. The van der Waals surface area contributed by atoms with Crippen LogP contribution in [-0.4, -0.2) is 25.5 Å². The maximum absolute atomic E-state index is 13.1. The van der Waals surface area contributed by atoms with Gasteiger partial charge in [0.1, 0.15) is 5.75 Å². The number of hydrogen-bond donors (Lipinski definition) is 1. The Morgan fingerprint density at radius 3 is 2.38 bits per heavy atom. The van der Waals surface area contributed by atoms with Crippen LogP contribution in [0.2, 0.25) is 0 Å². The molecule has 0 saturated carbocycles. The van der Waals surface area contributed by atoms with E-state index in [4.69, 9.17) is 4.74 Å². The van der Waals surface area contributed by atoms with Gasteiger partial charge in [-0.2, -0.15) is 0 Å². The Bertz CT molecular complexity index is 1030. The number of rotatable bonds is 6. The summed E-state index contributed by atoms with van der Waals surface area (Å²) in [6.45, 7) is 4.45. The van der Waals surface area contributed by atoms with Crippen LogP contribution in [0.4, 0.5) is 11.4 Å². The van der Waals surface area contributed by atoms with E-state index in [0.29, 0.717) is 29.1 Å². The van der Waals surface area contributed by atoms with E-state index in [2.05, 4.69) is 5.32 Å². The van der Waals surface area contributed by atoms with Gasteiger partial charge in [-0.15, -0.1) is 0 Å². The lowest BCUT2D eigenvalue weighted by atomic mass is 10.1. The van der Waals surface area contributed by atoms with Crippen LogP contribution < -0.4 is 15.0 Å². The molecule has 2 amide bonds. The van der Waals surface area contributed by atoms with Gasteiger partial charge in [0.05, 0.1) is 7.11 Å². The van der Waals surface area contributed by atoms with Gasteiger partial charge in [-0.3, -0.25) is 9.59 Å². The van der Waals surface area contributed by atoms with Crippen LogP contribution in [0.15, 0.2) is 72.8 Å². The van der Waals surface area contributed by atoms with Gasteiger partial charge >= 0.3 is 0 Å². The molecule has 0 aromatic heterocycles. The lowest BCUT2D eigenvalue weighted by Gasteiger charge is -2.22. The van der Waals surface area contributed by atoms with Crippen molar-refractivity contribution in [1.82, 2.24) is 0 Å². The highest BCUT2D eigenvalue weighted by atomic mass is 16.5. The number of benzene rings is 3. The van der Waals surface area contributed by atoms with E-state index in [1.165, 1.54) is 0 Å². The molecule has 0 atom stereocenters. The first-order chi connectivity index (χ1) is 14.0. The second-order valence-corrected chi connectivity index (χ2v) is 6.66. The van der Waals surface area contributed by atoms with Gasteiger partial charge in [-0.1, -0.05) is 24.3 Å². The number of hydrogen-bond acceptors (Lipinski definition) is 3. The van der Waals surface area contributed by atoms with Crippen molar-refractivity contribution in [2.45, 2.75) is 13.8 Å². The van der Waals surface area contributed by atoms with E-state index in [1.807, 2.05) is 38.1 Å². The molecule has 1 N–H and O–H groups in total. The average Bonchev–Trinajstić information content (AvgIpc) is 2.74. The highest BCUT2D eigenvalue weighted by Crippen LogP contribution is 2.20. The molecule has 0 aliphatic heterocycles.